The zero-order chi connectivity index (χ0) is 18.1. The fourth-order valence-corrected chi connectivity index (χ4v) is 2.54. The van der Waals surface area contributed by atoms with Gasteiger partial charge >= 0.3 is 5.69 Å². The van der Waals surface area contributed by atoms with Crippen LogP contribution in [0.4, 0.5) is 4.39 Å². The zero-order valence-corrected chi connectivity index (χ0v) is 13.7. The summed E-state index contributed by atoms with van der Waals surface area (Å²) < 4.78 is 22.0. The molecular weight excluding hydrogens is 331 g/mol. The summed E-state index contributed by atoms with van der Waals surface area (Å²) in [5, 5.41) is 10.2. The van der Waals surface area contributed by atoms with E-state index in [-0.39, 0.29) is 30.1 Å². The number of nitrogens with zero attached hydrogens (tertiary/aromatic N) is 4. The molecular formula is C16H17FN4O4. The van der Waals surface area contributed by atoms with Gasteiger partial charge in [0.15, 0.2) is 11.2 Å². The van der Waals surface area contributed by atoms with Crippen LogP contribution in [-0.2, 0) is 20.6 Å². The van der Waals surface area contributed by atoms with E-state index in [1.54, 1.807) is 0 Å². The molecule has 3 rings (SSSR count). The average Bonchev–Trinajstić information content (AvgIpc) is 3.01. The topological polar surface area (TPSA) is 91.3 Å². The minimum absolute atomic E-state index is 0.0443. The molecule has 0 aliphatic rings. The Hall–Kier alpha value is -2.94. The van der Waals surface area contributed by atoms with Crippen molar-refractivity contribution < 1.29 is 14.2 Å². The van der Waals surface area contributed by atoms with Gasteiger partial charge in [-0.3, -0.25) is 13.9 Å². The summed E-state index contributed by atoms with van der Waals surface area (Å²) in [6, 6.07) is 5.44. The average molecular weight is 348 g/mol. The van der Waals surface area contributed by atoms with Crippen molar-refractivity contribution in [3.8, 4) is 5.75 Å². The Balaban J connectivity index is 1.80. The highest BCUT2D eigenvalue weighted by atomic mass is 19.1. The highest BCUT2D eigenvalue weighted by Crippen LogP contribution is 2.12. The zero-order valence-electron chi connectivity index (χ0n) is 13.7. The predicted octanol–water partition coefficient (Wildman–Crippen LogP) is 0.0127. The normalized spacial score (nSPS) is 12.5. The lowest BCUT2D eigenvalue weighted by Gasteiger charge is -2.13. The second-order valence-electron chi connectivity index (χ2n) is 5.69. The van der Waals surface area contributed by atoms with Crippen molar-refractivity contribution in [2.24, 2.45) is 14.1 Å². The number of imidazole rings is 1. The molecule has 1 N–H and O–H groups in total. The standard InChI is InChI=1S/C16H17FN4O4/c1-19-14-13(15(23)20(2)16(19)24)21(9-18-14)7-11(22)8-25-12-5-3-10(17)4-6-12/h3-6,9,11,22H,7-8H2,1-2H3/t11-/m1/s1. The number of rotatable bonds is 5. The minimum atomic E-state index is -0.926. The van der Waals surface area contributed by atoms with Crippen molar-refractivity contribution in [3.05, 3.63) is 57.2 Å². The van der Waals surface area contributed by atoms with Crippen molar-refractivity contribution in [3.63, 3.8) is 0 Å². The predicted molar refractivity (Wildman–Crippen MR) is 88.1 cm³/mol. The fourth-order valence-electron chi connectivity index (χ4n) is 2.54. The maximum Gasteiger partial charge on any atom is 0.332 e. The molecule has 1 aromatic carbocycles. The number of hydrogen-bond donors (Lipinski definition) is 1. The second kappa shape index (κ2) is 6.52. The first-order chi connectivity index (χ1) is 11.9. The van der Waals surface area contributed by atoms with Gasteiger partial charge in [0.05, 0.1) is 12.9 Å². The Bertz CT molecular complexity index is 1020. The Labute approximate surface area is 141 Å². The van der Waals surface area contributed by atoms with E-state index < -0.39 is 17.4 Å². The summed E-state index contributed by atoms with van der Waals surface area (Å²) in [5.41, 5.74) is -0.477. The number of aliphatic hydroxyl groups is 1. The smallest absolute Gasteiger partial charge is 0.332 e. The van der Waals surface area contributed by atoms with Gasteiger partial charge in [-0.2, -0.15) is 0 Å². The highest BCUT2D eigenvalue weighted by Gasteiger charge is 2.16. The van der Waals surface area contributed by atoms with E-state index in [0.29, 0.717) is 5.75 Å². The van der Waals surface area contributed by atoms with Crippen LogP contribution in [0.5, 0.6) is 5.75 Å². The molecule has 0 aliphatic carbocycles. The van der Waals surface area contributed by atoms with Crippen LogP contribution in [0, 0.1) is 5.82 Å². The molecule has 9 heteroatoms. The highest BCUT2D eigenvalue weighted by molar-refractivity contribution is 5.69. The van der Waals surface area contributed by atoms with Crippen LogP contribution in [0.3, 0.4) is 0 Å². The molecule has 0 saturated heterocycles. The van der Waals surface area contributed by atoms with E-state index in [1.807, 2.05) is 0 Å². The third-order valence-corrected chi connectivity index (χ3v) is 3.88. The van der Waals surface area contributed by atoms with Crippen LogP contribution in [0.25, 0.3) is 11.2 Å². The SMILES string of the molecule is Cn1c(=O)c2c(ncn2C[C@@H](O)COc2ccc(F)cc2)n(C)c1=O. The molecule has 2 heterocycles. The summed E-state index contributed by atoms with van der Waals surface area (Å²) in [5.74, 6) is 0.0495. The van der Waals surface area contributed by atoms with Crippen LogP contribution < -0.4 is 16.0 Å². The molecule has 8 nitrogen and oxygen atoms in total. The summed E-state index contributed by atoms with van der Waals surface area (Å²) in [7, 11) is 2.91. The van der Waals surface area contributed by atoms with Crippen molar-refractivity contribution in [1.29, 1.82) is 0 Å². The molecule has 1 atom stereocenters. The first-order valence-electron chi connectivity index (χ1n) is 7.55. The van der Waals surface area contributed by atoms with E-state index in [1.165, 1.54) is 53.8 Å². The van der Waals surface area contributed by atoms with E-state index in [0.717, 1.165) is 4.57 Å². The first kappa shape index (κ1) is 16.9. The van der Waals surface area contributed by atoms with Gasteiger partial charge in [-0.05, 0) is 24.3 Å². The third kappa shape index (κ3) is 3.18. The number of halogens is 1. The van der Waals surface area contributed by atoms with Crippen LogP contribution in [0.2, 0.25) is 0 Å². The molecule has 0 fully saturated rings. The van der Waals surface area contributed by atoms with E-state index in [9.17, 15) is 19.1 Å². The molecule has 0 unspecified atom stereocenters. The van der Waals surface area contributed by atoms with Gasteiger partial charge in [0.25, 0.3) is 5.56 Å². The molecule has 0 radical (unpaired) electrons. The van der Waals surface area contributed by atoms with Crippen molar-refractivity contribution in [1.82, 2.24) is 18.7 Å². The largest absolute Gasteiger partial charge is 0.491 e. The van der Waals surface area contributed by atoms with Gasteiger partial charge in [-0.15, -0.1) is 0 Å². The van der Waals surface area contributed by atoms with Gasteiger partial charge in [0, 0.05) is 14.1 Å². The molecule has 25 heavy (non-hydrogen) atoms. The maximum absolute atomic E-state index is 12.8. The lowest BCUT2D eigenvalue weighted by atomic mass is 10.3. The summed E-state index contributed by atoms with van der Waals surface area (Å²) in [4.78, 5) is 28.3. The number of aliphatic hydroxyl groups excluding tert-OH is 1. The summed E-state index contributed by atoms with van der Waals surface area (Å²) in [6.07, 6.45) is 0.469. The van der Waals surface area contributed by atoms with E-state index in [2.05, 4.69) is 4.98 Å². The van der Waals surface area contributed by atoms with Gasteiger partial charge in [-0.25, -0.2) is 14.2 Å². The van der Waals surface area contributed by atoms with Crippen molar-refractivity contribution in [2.45, 2.75) is 12.6 Å². The molecule has 0 aliphatic heterocycles. The van der Waals surface area contributed by atoms with Gasteiger partial charge in [0.2, 0.25) is 0 Å². The Morgan fingerprint density at radius 1 is 1.20 bits per heavy atom. The third-order valence-electron chi connectivity index (χ3n) is 3.88. The number of benzene rings is 1. The molecule has 0 amide bonds. The lowest BCUT2D eigenvalue weighted by molar-refractivity contribution is 0.0933. The second-order valence-corrected chi connectivity index (χ2v) is 5.69. The van der Waals surface area contributed by atoms with Crippen LogP contribution in [0.1, 0.15) is 0 Å². The number of fused-ring (bicyclic) bond motifs is 1. The maximum atomic E-state index is 12.8. The molecule has 2 aromatic heterocycles. The number of aromatic nitrogens is 4. The molecule has 0 spiro atoms. The van der Waals surface area contributed by atoms with Crippen LogP contribution in [-0.4, -0.2) is 36.5 Å². The van der Waals surface area contributed by atoms with Gasteiger partial charge < -0.3 is 14.4 Å². The lowest BCUT2D eigenvalue weighted by Crippen LogP contribution is -2.38. The number of ether oxygens (including phenoxy) is 1. The Kier molecular flexibility index (Phi) is 4.41. The molecule has 0 saturated carbocycles. The van der Waals surface area contributed by atoms with Crippen molar-refractivity contribution in [2.75, 3.05) is 6.61 Å². The number of aryl methyl sites for hydroxylation is 1. The van der Waals surface area contributed by atoms with Crippen LogP contribution >= 0.6 is 0 Å². The molecule has 3 aromatic rings. The summed E-state index contributed by atoms with van der Waals surface area (Å²) >= 11 is 0. The van der Waals surface area contributed by atoms with Crippen molar-refractivity contribution >= 4 is 11.2 Å². The number of hydrogen-bond acceptors (Lipinski definition) is 5. The van der Waals surface area contributed by atoms with Gasteiger partial charge in [-0.1, -0.05) is 0 Å². The minimum Gasteiger partial charge on any atom is -0.491 e. The Morgan fingerprint density at radius 3 is 2.56 bits per heavy atom. The quantitative estimate of drug-likeness (QED) is 0.702. The first-order valence-corrected chi connectivity index (χ1v) is 7.55. The fraction of sp³-hybridized carbons (Fsp3) is 0.312. The Morgan fingerprint density at radius 2 is 1.88 bits per heavy atom. The summed E-state index contributed by atoms with van der Waals surface area (Å²) in [6.45, 7) is 0.0164. The monoisotopic (exact) mass is 348 g/mol. The van der Waals surface area contributed by atoms with E-state index >= 15 is 0 Å². The van der Waals surface area contributed by atoms with E-state index in [4.69, 9.17) is 4.74 Å². The van der Waals surface area contributed by atoms with Crippen LogP contribution in [0.15, 0.2) is 40.2 Å². The van der Waals surface area contributed by atoms with Gasteiger partial charge in [0.1, 0.15) is 24.3 Å². The molecule has 132 valence electrons. The molecule has 0 bridgehead atoms.